The van der Waals surface area contributed by atoms with Crippen molar-refractivity contribution in [2.45, 2.75) is 92.6 Å². The number of alkyl halides is 3. The molecule has 1 aromatic carbocycles. The summed E-state index contributed by atoms with van der Waals surface area (Å²) in [6.45, 7) is 9.64. The Balaban J connectivity index is 2.89. The third-order valence-electron chi connectivity index (χ3n) is 6.11. The molecule has 0 fully saturated rings. The summed E-state index contributed by atoms with van der Waals surface area (Å²) < 4.78 is 51.5. The molecular formula is C21H33F3N2OSn. The molecule has 0 radical (unpaired) electrons. The van der Waals surface area contributed by atoms with Crippen LogP contribution in [0.3, 0.4) is 0 Å². The van der Waals surface area contributed by atoms with Crippen LogP contribution < -0.4 is 3.58 Å². The van der Waals surface area contributed by atoms with Crippen LogP contribution in [0.2, 0.25) is 13.3 Å². The number of rotatable bonds is 10. The number of nitrogens with zero attached hydrogens (tertiary/aromatic N) is 2. The molecular weight excluding hydrogens is 472 g/mol. The van der Waals surface area contributed by atoms with Crippen LogP contribution in [0, 0.1) is 13.8 Å². The van der Waals surface area contributed by atoms with Crippen molar-refractivity contribution in [2.24, 2.45) is 0 Å². The van der Waals surface area contributed by atoms with Crippen LogP contribution >= 0.6 is 0 Å². The van der Waals surface area contributed by atoms with Gasteiger partial charge in [-0.15, -0.1) is 0 Å². The van der Waals surface area contributed by atoms with Gasteiger partial charge in [0.1, 0.15) is 0 Å². The Morgan fingerprint density at radius 3 is 1.68 bits per heavy atom. The fourth-order valence-corrected chi connectivity index (χ4v) is 21.9. The van der Waals surface area contributed by atoms with Crippen LogP contribution in [0.15, 0.2) is 4.63 Å². The van der Waals surface area contributed by atoms with E-state index in [-0.39, 0.29) is 0 Å². The van der Waals surface area contributed by atoms with E-state index in [9.17, 15) is 13.2 Å². The molecule has 0 unspecified atom stereocenters. The predicted molar refractivity (Wildman–Crippen MR) is 111 cm³/mol. The quantitative estimate of drug-likeness (QED) is 0.330. The van der Waals surface area contributed by atoms with Gasteiger partial charge in [0.05, 0.1) is 0 Å². The Bertz CT molecular complexity index is 764. The fraction of sp³-hybridized carbons (Fsp3) is 0.714. The van der Waals surface area contributed by atoms with E-state index in [1.54, 1.807) is 13.8 Å². The number of unbranched alkanes of at least 4 members (excludes halogenated alkanes) is 3. The van der Waals surface area contributed by atoms with Crippen molar-refractivity contribution < 1.29 is 17.8 Å². The third-order valence-corrected chi connectivity index (χ3v) is 21.7. The summed E-state index contributed by atoms with van der Waals surface area (Å²) in [6.07, 6.45) is 1.58. The second kappa shape index (κ2) is 9.81. The van der Waals surface area contributed by atoms with E-state index in [2.05, 4.69) is 31.1 Å². The molecule has 0 N–H and O–H groups in total. The van der Waals surface area contributed by atoms with E-state index in [0.717, 1.165) is 51.8 Å². The van der Waals surface area contributed by atoms with Crippen molar-refractivity contribution in [2.75, 3.05) is 0 Å². The molecule has 0 aliphatic heterocycles. The Hall–Kier alpha value is -0.791. The van der Waals surface area contributed by atoms with Gasteiger partial charge in [-0.05, 0) is 0 Å². The molecule has 0 aliphatic rings. The van der Waals surface area contributed by atoms with Gasteiger partial charge in [-0.25, -0.2) is 0 Å². The number of benzene rings is 1. The zero-order valence-electron chi connectivity index (χ0n) is 17.8. The van der Waals surface area contributed by atoms with Crippen LogP contribution in [0.25, 0.3) is 11.0 Å². The molecule has 2 aromatic rings. The van der Waals surface area contributed by atoms with E-state index in [1.165, 1.54) is 0 Å². The summed E-state index contributed by atoms with van der Waals surface area (Å²) >= 11 is -3.43. The average molecular weight is 505 g/mol. The first kappa shape index (κ1) is 23.5. The minimum absolute atomic E-state index is 0.302. The molecule has 28 heavy (non-hydrogen) atoms. The molecule has 0 saturated heterocycles. The maximum atomic E-state index is 14.4. The molecule has 7 heteroatoms. The van der Waals surface area contributed by atoms with E-state index in [0.29, 0.717) is 25.7 Å². The minimum atomic E-state index is -4.38. The van der Waals surface area contributed by atoms with Crippen molar-refractivity contribution in [3.8, 4) is 0 Å². The molecule has 2 rings (SSSR count). The molecule has 3 nitrogen and oxygen atoms in total. The van der Waals surface area contributed by atoms with Gasteiger partial charge in [0.2, 0.25) is 0 Å². The van der Waals surface area contributed by atoms with Gasteiger partial charge >= 0.3 is 170 Å². The molecule has 0 saturated carbocycles. The van der Waals surface area contributed by atoms with Crippen molar-refractivity contribution in [1.29, 1.82) is 0 Å². The topological polar surface area (TPSA) is 38.9 Å². The molecule has 1 aromatic heterocycles. The van der Waals surface area contributed by atoms with E-state index in [4.69, 9.17) is 4.63 Å². The monoisotopic (exact) mass is 506 g/mol. The zero-order chi connectivity index (χ0) is 20.9. The van der Waals surface area contributed by atoms with Crippen molar-refractivity contribution in [3.05, 3.63) is 16.7 Å². The Morgan fingerprint density at radius 2 is 1.25 bits per heavy atom. The summed E-state index contributed by atoms with van der Waals surface area (Å²) in [7, 11) is 0. The standard InChI is InChI=1S/C9H6F3N2O.3C4H9.Sn/c1-4-5(2)8-7(13-15-14-8)3-6(4)9(10,11)12;3*1-3-4-2;/h1-2H3;3*1,3-4H2,2H3;. The molecule has 0 bridgehead atoms. The van der Waals surface area contributed by atoms with Crippen molar-refractivity contribution in [1.82, 2.24) is 10.3 Å². The molecule has 0 aliphatic carbocycles. The van der Waals surface area contributed by atoms with Gasteiger partial charge in [0.25, 0.3) is 0 Å². The van der Waals surface area contributed by atoms with Gasteiger partial charge in [-0.3, -0.25) is 0 Å². The number of aromatic nitrogens is 2. The molecule has 1 heterocycles. The number of halogens is 3. The fourth-order valence-electron chi connectivity index (χ4n) is 4.44. The van der Waals surface area contributed by atoms with Crippen LogP contribution in [-0.2, 0) is 6.18 Å². The first-order chi connectivity index (χ1) is 13.2. The Kier molecular flexibility index (Phi) is 8.23. The predicted octanol–water partition coefficient (Wildman–Crippen LogP) is 6.91. The summed E-state index contributed by atoms with van der Waals surface area (Å²) in [5.41, 5.74) is 1.33. The van der Waals surface area contributed by atoms with E-state index >= 15 is 0 Å². The SMILES string of the molecule is CCC[CH2][Sn]([CH2]CCC)([CH2]CCC)[c]1c(C(F)(F)F)c(C)c(C)c2nonc12. The summed E-state index contributed by atoms with van der Waals surface area (Å²) in [5, 5.41) is 8.05. The van der Waals surface area contributed by atoms with Gasteiger partial charge in [0.15, 0.2) is 0 Å². The third kappa shape index (κ3) is 4.68. The Labute approximate surface area is 170 Å². The zero-order valence-corrected chi connectivity index (χ0v) is 20.7. The molecule has 0 spiro atoms. The first-order valence-corrected chi connectivity index (χ1v) is 18.0. The van der Waals surface area contributed by atoms with Crippen LogP contribution in [0.4, 0.5) is 13.2 Å². The normalized spacial score (nSPS) is 12.9. The number of aryl methyl sites for hydroxylation is 1. The Morgan fingerprint density at radius 1 is 0.786 bits per heavy atom. The molecule has 158 valence electrons. The van der Waals surface area contributed by atoms with Crippen LogP contribution in [-0.4, -0.2) is 28.7 Å². The van der Waals surface area contributed by atoms with Gasteiger partial charge in [-0.2, -0.15) is 0 Å². The average Bonchev–Trinajstić information content (AvgIpc) is 3.13. The van der Waals surface area contributed by atoms with Gasteiger partial charge in [-0.1, -0.05) is 0 Å². The number of fused-ring (bicyclic) bond motifs is 1. The van der Waals surface area contributed by atoms with Crippen molar-refractivity contribution in [3.63, 3.8) is 0 Å². The van der Waals surface area contributed by atoms with Crippen molar-refractivity contribution >= 4 is 33.0 Å². The van der Waals surface area contributed by atoms with Gasteiger partial charge < -0.3 is 0 Å². The van der Waals surface area contributed by atoms with E-state index in [1.807, 2.05) is 0 Å². The van der Waals surface area contributed by atoms with E-state index < -0.39 is 30.1 Å². The summed E-state index contributed by atoms with van der Waals surface area (Å²) in [5.74, 6) is 0. The van der Waals surface area contributed by atoms with Crippen LogP contribution in [0.1, 0.15) is 76.0 Å². The number of hydrogen-bond acceptors (Lipinski definition) is 3. The van der Waals surface area contributed by atoms with Gasteiger partial charge in [0, 0.05) is 0 Å². The molecule has 0 atom stereocenters. The first-order valence-electron chi connectivity index (χ1n) is 10.6. The second-order valence-electron chi connectivity index (χ2n) is 8.05. The summed E-state index contributed by atoms with van der Waals surface area (Å²) in [6, 6.07) is 0. The second-order valence-corrected chi connectivity index (χ2v) is 21.1. The maximum absolute atomic E-state index is 14.4. The van der Waals surface area contributed by atoms with Crippen LogP contribution in [0.5, 0.6) is 0 Å². The summed E-state index contributed by atoms with van der Waals surface area (Å²) in [4.78, 5) is 0. The molecule has 0 amide bonds. The number of hydrogen-bond donors (Lipinski definition) is 0.